The number of thioether (sulfide) groups is 1. The van der Waals surface area contributed by atoms with Gasteiger partial charge in [0.25, 0.3) is 0 Å². The van der Waals surface area contributed by atoms with Crippen LogP contribution in [0.1, 0.15) is 36.1 Å². The Balaban J connectivity index is 2.23. The zero-order chi connectivity index (χ0) is 10.9. The predicted molar refractivity (Wildman–Crippen MR) is 57.4 cm³/mol. The molecule has 0 amide bonds. The lowest BCUT2D eigenvalue weighted by molar-refractivity contribution is 0.0690. The lowest BCUT2D eigenvalue weighted by Crippen LogP contribution is -2.29. The highest BCUT2D eigenvalue weighted by Gasteiger charge is 2.34. The first-order chi connectivity index (χ1) is 7.12. The Morgan fingerprint density at radius 2 is 2.53 bits per heavy atom. The molecule has 1 unspecified atom stereocenters. The van der Waals surface area contributed by atoms with Gasteiger partial charge < -0.3 is 9.52 Å². The van der Waals surface area contributed by atoms with Gasteiger partial charge in [0.15, 0.2) is 5.69 Å². The van der Waals surface area contributed by atoms with Crippen LogP contribution in [-0.2, 0) is 5.41 Å². The molecule has 15 heavy (non-hydrogen) atoms. The van der Waals surface area contributed by atoms with E-state index < -0.39 is 5.97 Å². The molecule has 82 valence electrons. The first kappa shape index (κ1) is 10.5. The van der Waals surface area contributed by atoms with Crippen molar-refractivity contribution >= 4 is 17.7 Å². The van der Waals surface area contributed by atoms with Crippen molar-refractivity contribution in [1.82, 2.24) is 4.98 Å². The van der Waals surface area contributed by atoms with Gasteiger partial charge in [-0.05, 0) is 18.6 Å². The standard InChI is InChI=1S/C10H13NO3S/c1-10(3-2-4-15-6-10)9-11-7(5-14-9)8(12)13/h5H,2-4,6H2,1H3,(H,12,13). The summed E-state index contributed by atoms with van der Waals surface area (Å²) in [4.78, 5) is 14.7. The van der Waals surface area contributed by atoms with E-state index in [9.17, 15) is 4.79 Å². The van der Waals surface area contributed by atoms with Crippen molar-refractivity contribution in [2.45, 2.75) is 25.2 Å². The van der Waals surface area contributed by atoms with Crippen molar-refractivity contribution in [3.05, 3.63) is 17.8 Å². The van der Waals surface area contributed by atoms with Gasteiger partial charge in [-0.15, -0.1) is 0 Å². The minimum Gasteiger partial charge on any atom is -0.476 e. The van der Waals surface area contributed by atoms with E-state index in [4.69, 9.17) is 9.52 Å². The van der Waals surface area contributed by atoms with Crippen molar-refractivity contribution < 1.29 is 14.3 Å². The van der Waals surface area contributed by atoms with Crippen LogP contribution in [0.2, 0.25) is 0 Å². The van der Waals surface area contributed by atoms with Gasteiger partial charge in [-0.1, -0.05) is 6.92 Å². The molecule has 0 aromatic carbocycles. The van der Waals surface area contributed by atoms with Crippen molar-refractivity contribution in [3.63, 3.8) is 0 Å². The van der Waals surface area contributed by atoms with Crippen molar-refractivity contribution in [2.24, 2.45) is 0 Å². The minimum atomic E-state index is -1.03. The van der Waals surface area contributed by atoms with Gasteiger partial charge in [-0.25, -0.2) is 9.78 Å². The summed E-state index contributed by atoms with van der Waals surface area (Å²) >= 11 is 1.87. The molecule has 1 saturated heterocycles. The van der Waals surface area contributed by atoms with E-state index in [2.05, 4.69) is 11.9 Å². The summed E-state index contributed by atoms with van der Waals surface area (Å²) < 4.78 is 5.26. The molecule has 4 nitrogen and oxygen atoms in total. The van der Waals surface area contributed by atoms with Crippen LogP contribution >= 0.6 is 11.8 Å². The zero-order valence-corrected chi connectivity index (χ0v) is 9.34. The number of carboxylic acids is 1. The quantitative estimate of drug-likeness (QED) is 0.838. The van der Waals surface area contributed by atoms with Crippen LogP contribution in [-0.4, -0.2) is 27.6 Å². The molecule has 1 atom stereocenters. The summed E-state index contributed by atoms with van der Waals surface area (Å²) in [5.74, 6) is 1.65. The lowest BCUT2D eigenvalue weighted by atomic mass is 9.87. The molecule has 1 N–H and O–H groups in total. The number of aromatic nitrogens is 1. The van der Waals surface area contributed by atoms with Crippen LogP contribution in [0.3, 0.4) is 0 Å². The summed E-state index contributed by atoms with van der Waals surface area (Å²) in [5, 5.41) is 8.75. The average molecular weight is 227 g/mol. The van der Waals surface area contributed by atoms with Crippen LogP contribution in [0, 0.1) is 0 Å². The fourth-order valence-corrected chi connectivity index (χ4v) is 2.96. The smallest absolute Gasteiger partial charge is 0.357 e. The fourth-order valence-electron chi connectivity index (χ4n) is 1.75. The van der Waals surface area contributed by atoms with Gasteiger partial charge in [0, 0.05) is 5.75 Å². The summed E-state index contributed by atoms with van der Waals surface area (Å²) in [6, 6.07) is 0. The third kappa shape index (κ3) is 2.02. The van der Waals surface area contributed by atoms with E-state index in [0.717, 1.165) is 18.6 Å². The highest BCUT2D eigenvalue weighted by Crippen LogP contribution is 2.36. The van der Waals surface area contributed by atoms with Crippen LogP contribution in [0.5, 0.6) is 0 Å². The van der Waals surface area contributed by atoms with Gasteiger partial charge in [-0.3, -0.25) is 0 Å². The van der Waals surface area contributed by atoms with Crippen molar-refractivity contribution in [1.29, 1.82) is 0 Å². The first-order valence-corrected chi connectivity index (χ1v) is 6.04. The highest BCUT2D eigenvalue weighted by molar-refractivity contribution is 7.99. The Morgan fingerprint density at radius 1 is 1.73 bits per heavy atom. The van der Waals surface area contributed by atoms with Crippen LogP contribution < -0.4 is 0 Å². The van der Waals surface area contributed by atoms with Gasteiger partial charge in [0.2, 0.25) is 5.89 Å². The molecule has 0 saturated carbocycles. The van der Waals surface area contributed by atoms with E-state index in [1.165, 1.54) is 12.0 Å². The number of hydrogen-bond acceptors (Lipinski definition) is 4. The van der Waals surface area contributed by atoms with Gasteiger partial charge >= 0.3 is 5.97 Å². The molecule has 5 heteroatoms. The summed E-state index contributed by atoms with van der Waals surface area (Å²) in [7, 11) is 0. The fraction of sp³-hybridized carbons (Fsp3) is 0.600. The monoisotopic (exact) mass is 227 g/mol. The Hall–Kier alpha value is -0.970. The highest BCUT2D eigenvalue weighted by atomic mass is 32.2. The molecule has 0 radical (unpaired) electrons. The second-order valence-electron chi connectivity index (χ2n) is 4.06. The molecule has 0 aliphatic carbocycles. The molecular formula is C10H13NO3S. The number of hydrogen-bond donors (Lipinski definition) is 1. The molecule has 1 aromatic heterocycles. The zero-order valence-electron chi connectivity index (χ0n) is 8.52. The second kappa shape index (κ2) is 3.89. The number of rotatable bonds is 2. The van der Waals surface area contributed by atoms with Crippen molar-refractivity contribution in [2.75, 3.05) is 11.5 Å². The summed E-state index contributed by atoms with van der Waals surface area (Å²) in [6.07, 6.45) is 3.37. The topological polar surface area (TPSA) is 63.3 Å². The minimum absolute atomic E-state index is 0.00167. The van der Waals surface area contributed by atoms with E-state index in [0.29, 0.717) is 5.89 Å². The SMILES string of the molecule is CC1(c2nc(C(=O)O)co2)CCCSC1. The molecule has 1 fully saturated rings. The third-order valence-corrected chi connectivity index (χ3v) is 4.10. The van der Waals surface area contributed by atoms with Crippen LogP contribution in [0.4, 0.5) is 0 Å². The molecule has 1 aromatic rings. The Kier molecular flexibility index (Phi) is 2.73. The van der Waals surface area contributed by atoms with E-state index >= 15 is 0 Å². The Morgan fingerprint density at radius 3 is 3.07 bits per heavy atom. The molecule has 0 bridgehead atoms. The average Bonchev–Trinajstić information content (AvgIpc) is 2.68. The molecule has 2 heterocycles. The summed E-state index contributed by atoms with van der Waals surface area (Å²) in [6.45, 7) is 2.08. The van der Waals surface area contributed by atoms with Crippen LogP contribution in [0.25, 0.3) is 0 Å². The maximum absolute atomic E-state index is 10.7. The first-order valence-electron chi connectivity index (χ1n) is 4.89. The predicted octanol–water partition coefficient (Wildman–Crippen LogP) is 2.16. The number of carboxylic acid groups (broad SMARTS) is 1. The maximum atomic E-state index is 10.7. The third-order valence-electron chi connectivity index (χ3n) is 2.68. The molecular weight excluding hydrogens is 214 g/mol. The van der Waals surface area contributed by atoms with Gasteiger partial charge in [0.1, 0.15) is 6.26 Å². The number of nitrogens with zero attached hydrogens (tertiary/aromatic N) is 1. The normalized spacial score (nSPS) is 26.5. The van der Waals surface area contributed by atoms with E-state index in [-0.39, 0.29) is 11.1 Å². The molecule has 1 aliphatic heterocycles. The molecule has 0 spiro atoms. The number of oxazole rings is 1. The number of carbonyl (C=O) groups is 1. The van der Waals surface area contributed by atoms with Crippen LogP contribution in [0.15, 0.2) is 10.7 Å². The summed E-state index contributed by atoms with van der Waals surface area (Å²) in [5.41, 5.74) is -0.0989. The Bertz CT molecular complexity index is 368. The maximum Gasteiger partial charge on any atom is 0.357 e. The largest absolute Gasteiger partial charge is 0.476 e. The second-order valence-corrected chi connectivity index (χ2v) is 5.17. The lowest BCUT2D eigenvalue weighted by Gasteiger charge is -2.29. The number of aromatic carboxylic acids is 1. The molecule has 2 rings (SSSR count). The van der Waals surface area contributed by atoms with Gasteiger partial charge in [-0.2, -0.15) is 11.8 Å². The van der Waals surface area contributed by atoms with Gasteiger partial charge in [0.05, 0.1) is 5.41 Å². The van der Waals surface area contributed by atoms with E-state index in [1.54, 1.807) is 0 Å². The molecule has 1 aliphatic rings. The Labute approximate surface area is 92.1 Å². The van der Waals surface area contributed by atoms with E-state index in [1.807, 2.05) is 11.8 Å². The van der Waals surface area contributed by atoms with Crippen molar-refractivity contribution in [3.8, 4) is 0 Å².